The van der Waals surface area contributed by atoms with Crippen LogP contribution in [0.25, 0.3) is 0 Å². The number of anilines is 1. The van der Waals surface area contributed by atoms with E-state index < -0.39 is 12.1 Å². The van der Waals surface area contributed by atoms with Gasteiger partial charge in [-0.05, 0) is 37.5 Å². The van der Waals surface area contributed by atoms with Crippen molar-refractivity contribution in [3.63, 3.8) is 0 Å². The summed E-state index contributed by atoms with van der Waals surface area (Å²) in [5, 5.41) is 5.48. The Bertz CT molecular complexity index is 688. The number of carbonyl (C=O) groups excluding carboxylic acids is 3. The topological polar surface area (TPSA) is 87.7 Å². The molecule has 7 heteroatoms. The molecule has 3 amide bonds. The second kappa shape index (κ2) is 6.51. The highest BCUT2D eigenvalue weighted by Gasteiger charge is 2.29. The van der Waals surface area contributed by atoms with Crippen molar-refractivity contribution < 1.29 is 19.1 Å². The minimum Gasteiger partial charge on any atom is -0.479 e. The van der Waals surface area contributed by atoms with Gasteiger partial charge in [0.15, 0.2) is 6.10 Å². The van der Waals surface area contributed by atoms with Crippen molar-refractivity contribution in [2.45, 2.75) is 38.3 Å². The van der Waals surface area contributed by atoms with Crippen LogP contribution in [-0.4, -0.2) is 43.5 Å². The van der Waals surface area contributed by atoms with E-state index in [-0.39, 0.29) is 17.7 Å². The van der Waals surface area contributed by atoms with Gasteiger partial charge in [-0.1, -0.05) is 6.07 Å². The van der Waals surface area contributed by atoms with Gasteiger partial charge in [0.2, 0.25) is 11.8 Å². The zero-order valence-electron chi connectivity index (χ0n) is 13.8. The molecule has 2 N–H and O–H groups in total. The lowest BCUT2D eigenvalue weighted by molar-refractivity contribution is -0.125. The van der Waals surface area contributed by atoms with Crippen LogP contribution in [0.4, 0.5) is 5.69 Å². The molecule has 0 aliphatic carbocycles. The van der Waals surface area contributed by atoms with E-state index in [1.165, 1.54) is 0 Å². The molecule has 0 radical (unpaired) electrons. The first-order chi connectivity index (χ1) is 11.5. The van der Waals surface area contributed by atoms with Crippen LogP contribution in [0.1, 0.15) is 25.3 Å². The van der Waals surface area contributed by atoms with E-state index >= 15 is 0 Å². The average Bonchev–Trinajstić information content (AvgIpc) is 3.00. The highest BCUT2D eigenvalue weighted by Crippen LogP contribution is 2.33. The molecular formula is C17H21N3O4. The predicted molar refractivity (Wildman–Crippen MR) is 87.8 cm³/mol. The quantitative estimate of drug-likeness (QED) is 0.834. The summed E-state index contributed by atoms with van der Waals surface area (Å²) in [7, 11) is 1.73. The van der Waals surface area contributed by atoms with Crippen molar-refractivity contribution in [1.29, 1.82) is 0 Å². The molecule has 2 aliphatic rings. The van der Waals surface area contributed by atoms with Gasteiger partial charge in [-0.15, -0.1) is 0 Å². The summed E-state index contributed by atoms with van der Waals surface area (Å²) in [5.74, 6) is 0.381. The maximum Gasteiger partial charge on any atom is 0.267 e. The normalized spacial score (nSPS) is 22.7. The smallest absolute Gasteiger partial charge is 0.267 e. The molecule has 7 nitrogen and oxygen atoms in total. The van der Waals surface area contributed by atoms with Crippen LogP contribution in [-0.2, 0) is 20.8 Å². The Morgan fingerprint density at radius 3 is 2.92 bits per heavy atom. The Balaban J connectivity index is 1.58. The lowest BCUT2D eigenvalue weighted by atomic mass is 10.1. The van der Waals surface area contributed by atoms with Crippen LogP contribution in [0.15, 0.2) is 18.2 Å². The Morgan fingerprint density at radius 1 is 1.42 bits per heavy atom. The molecule has 2 atom stereocenters. The van der Waals surface area contributed by atoms with Crippen LogP contribution in [0.3, 0.4) is 0 Å². The number of hydrogen-bond acceptors (Lipinski definition) is 4. The summed E-state index contributed by atoms with van der Waals surface area (Å²) in [6.07, 6.45) is 1.11. The molecule has 2 heterocycles. The molecule has 24 heavy (non-hydrogen) atoms. The van der Waals surface area contributed by atoms with Crippen LogP contribution in [0.2, 0.25) is 0 Å². The summed E-state index contributed by atoms with van der Waals surface area (Å²) < 4.78 is 5.59. The van der Waals surface area contributed by atoms with Crippen molar-refractivity contribution >= 4 is 23.4 Å². The van der Waals surface area contributed by atoms with Crippen molar-refractivity contribution in [3.8, 4) is 5.75 Å². The molecule has 0 bridgehead atoms. The van der Waals surface area contributed by atoms with Gasteiger partial charge in [0.05, 0.1) is 5.69 Å². The summed E-state index contributed by atoms with van der Waals surface area (Å²) in [6.45, 7) is 2.20. The molecule has 0 spiro atoms. The number of rotatable bonds is 4. The fourth-order valence-corrected chi connectivity index (χ4v) is 2.98. The van der Waals surface area contributed by atoms with E-state index in [1.54, 1.807) is 18.9 Å². The van der Waals surface area contributed by atoms with Crippen molar-refractivity contribution in [1.82, 2.24) is 10.6 Å². The molecular weight excluding hydrogens is 310 g/mol. The molecule has 1 aromatic rings. The van der Waals surface area contributed by atoms with Gasteiger partial charge < -0.3 is 20.3 Å². The molecule has 0 saturated carbocycles. The Morgan fingerprint density at radius 2 is 2.21 bits per heavy atom. The number of likely N-dealkylation sites (N-methyl/N-ethyl adjacent to an activating group) is 1. The molecule has 1 aromatic carbocycles. The van der Waals surface area contributed by atoms with Crippen LogP contribution < -0.4 is 20.3 Å². The van der Waals surface area contributed by atoms with Crippen LogP contribution in [0, 0.1) is 0 Å². The van der Waals surface area contributed by atoms with E-state index in [9.17, 15) is 14.4 Å². The SMILES string of the molecule is CC1Oc2ccc(CCNC(=O)C3CCC(=O)N3)cc2N(C)C1=O. The number of amides is 3. The number of fused-ring (bicyclic) bond motifs is 1. The zero-order valence-corrected chi connectivity index (χ0v) is 13.8. The summed E-state index contributed by atoms with van der Waals surface area (Å²) in [4.78, 5) is 36.7. The summed E-state index contributed by atoms with van der Waals surface area (Å²) >= 11 is 0. The van der Waals surface area contributed by atoms with Gasteiger partial charge in [-0.2, -0.15) is 0 Å². The van der Waals surface area contributed by atoms with E-state index in [4.69, 9.17) is 4.74 Å². The summed E-state index contributed by atoms with van der Waals surface area (Å²) in [6, 6.07) is 5.27. The number of ether oxygens (including phenoxy) is 1. The lowest BCUT2D eigenvalue weighted by Crippen LogP contribution is -2.42. The molecule has 3 rings (SSSR count). The highest BCUT2D eigenvalue weighted by atomic mass is 16.5. The third kappa shape index (κ3) is 3.20. The molecule has 1 saturated heterocycles. The van der Waals surface area contributed by atoms with Gasteiger partial charge in [-0.3, -0.25) is 14.4 Å². The molecule has 2 aliphatic heterocycles. The summed E-state index contributed by atoms with van der Waals surface area (Å²) in [5.41, 5.74) is 1.74. The minimum atomic E-state index is -0.478. The minimum absolute atomic E-state index is 0.0771. The number of hydrogen-bond donors (Lipinski definition) is 2. The number of nitrogens with one attached hydrogen (secondary N) is 2. The highest BCUT2D eigenvalue weighted by molar-refractivity contribution is 5.99. The predicted octanol–water partition coefficient (Wildman–Crippen LogP) is 0.368. The third-order valence-electron chi connectivity index (χ3n) is 4.39. The Kier molecular flexibility index (Phi) is 4.42. The fraction of sp³-hybridized carbons (Fsp3) is 0.471. The molecule has 2 unspecified atom stereocenters. The molecule has 1 fully saturated rings. The first-order valence-electron chi connectivity index (χ1n) is 8.10. The Labute approximate surface area is 140 Å². The number of benzene rings is 1. The maximum atomic E-state index is 12.0. The van der Waals surface area contributed by atoms with Crippen molar-refractivity contribution in [3.05, 3.63) is 23.8 Å². The van der Waals surface area contributed by atoms with E-state index in [0.29, 0.717) is 31.6 Å². The second-order valence-electron chi connectivity index (χ2n) is 6.16. The third-order valence-corrected chi connectivity index (χ3v) is 4.39. The largest absolute Gasteiger partial charge is 0.479 e. The average molecular weight is 331 g/mol. The number of carbonyl (C=O) groups is 3. The lowest BCUT2D eigenvalue weighted by Gasteiger charge is -2.30. The van der Waals surface area contributed by atoms with Gasteiger partial charge in [0.25, 0.3) is 5.91 Å². The Hall–Kier alpha value is -2.57. The van der Waals surface area contributed by atoms with E-state index in [0.717, 1.165) is 11.3 Å². The first kappa shape index (κ1) is 16.3. The van der Waals surface area contributed by atoms with Gasteiger partial charge in [-0.25, -0.2) is 0 Å². The van der Waals surface area contributed by atoms with Gasteiger partial charge >= 0.3 is 0 Å². The van der Waals surface area contributed by atoms with Crippen LogP contribution >= 0.6 is 0 Å². The monoisotopic (exact) mass is 331 g/mol. The standard InChI is InChI=1S/C17H21N3O4/c1-10-17(23)20(2)13-9-11(3-5-14(13)24-10)7-8-18-16(22)12-4-6-15(21)19-12/h3,5,9-10,12H,4,6-8H2,1-2H3,(H,18,22)(H,19,21). The van der Waals surface area contributed by atoms with Crippen molar-refractivity contribution in [2.75, 3.05) is 18.5 Å². The molecule has 0 aromatic heterocycles. The molecule has 128 valence electrons. The maximum absolute atomic E-state index is 12.0. The van der Waals surface area contributed by atoms with Gasteiger partial charge in [0.1, 0.15) is 11.8 Å². The van der Waals surface area contributed by atoms with Crippen LogP contribution in [0.5, 0.6) is 5.75 Å². The number of nitrogens with zero attached hydrogens (tertiary/aromatic N) is 1. The first-order valence-corrected chi connectivity index (χ1v) is 8.10. The fourth-order valence-electron chi connectivity index (χ4n) is 2.98. The van der Waals surface area contributed by atoms with Crippen molar-refractivity contribution in [2.24, 2.45) is 0 Å². The van der Waals surface area contributed by atoms with E-state index in [2.05, 4.69) is 10.6 Å². The second-order valence-corrected chi connectivity index (χ2v) is 6.16. The van der Waals surface area contributed by atoms with E-state index in [1.807, 2.05) is 18.2 Å². The zero-order chi connectivity index (χ0) is 17.3. The van der Waals surface area contributed by atoms with Gasteiger partial charge in [0, 0.05) is 20.0 Å².